The first-order valence-corrected chi connectivity index (χ1v) is 3.71. The van der Waals surface area contributed by atoms with Crippen molar-refractivity contribution in [2.75, 3.05) is 20.3 Å². The van der Waals surface area contributed by atoms with E-state index >= 15 is 0 Å². The molecule has 0 aliphatic carbocycles. The Hall–Kier alpha value is -1.36. The highest BCUT2D eigenvalue weighted by molar-refractivity contribution is 5.81. The van der Waals surface area contributed by atoms with Crippen LogP contribution in [0.1, 0.15) is 6.42 Å². The van der Waals surface area contributed by atoms with Crippen molar-refractivity contribution in [3.63, 3.8) is 0 Å². The SMILES string of the molecule is COC(=O)C=CCCOCC(=O)O. The van der Waals surface area contributed by atoms with Crippen LogP contribution in [0.4, 0.5) is 0 Å². The zero-order valence-corrected chi connectivity index (χ0v) is 7.36. The van der Waals surface area contributed by atoms with Crippen LogP contribution in [0, 0.1) is 0 Å². The molecule has 0 rings (SSSR count). The van der Waals surface area contributed by atoms with Crippen molar-refractivity contribution in [3.05, 3.63) is 12.2 Å². The van der Waals surface area contributed by atoms with Gasteiger partial charge < -0.3 is 14.6 Å². The van der Waals surface area contributed by atoms with E-state index < -0.39 is 11.9 Å². The van der Waals surface area contributed by atoms with E-state index in [4.69, 9.17) is 9.84 Å². The lowest BCUT2D eigenvalue weighted by molar-refractivity contribution is -0.142. The van der Waals surface area contributed by atoms with Crippen LogP contribution >= 0.6 is 0 Å². The standard InChI is InChI=1S/C8H12O5/c1-12-8(11)4-2-3-5-13-6-7(9)10/h2,4H,3,5-6H2,1H3,(H,9,10). The van der Waals surface area contributed by atoms with Crippen LogP contribution in [0.2, 0.25) is 0 Å². The van der Waals surface area contributed by atoms with E-state index in [2.05, 4.69) is 4.74 Å². The Morgan fingerprint density at radius 1 is 1.46 bits per heavy atom. The lowest BCUT2D eigenvalue weighted by atomic mass is 10.4. The van der Waals surface area contributed by atoms with E-state index in [-0.39, 0.29) is 13.2 Å². The molecular weight excluding hydrogens is 176 g/mol. The van der Waals surface area contributed by atoms with Gasteiger partial charge in [0.05, 0.1) is 13.7 Å². The fourth-order valence-electron chi connectivity index (χ4n) is 0.558. The number of carbonyl (C=O) groups excluding carboxylic acids is 1. The molecule has 1 N–H and O–H groups in total. The average Bonchev–Trinajstić information content (AvgIpc) is 2.10. The maximum absolute atomic E-state index is 10.5. The van der Waals surface area contributed by atoms with E-state index in [0.29, 0.717) is 6.42 Å². The normalized spacial score (nSPS) is 10.2. The Labute approximate surface area is 75.9 Å². The first-order chi connectivity index (χ1) is 6.16. The molecule has 0 aromatic rings. The number of hydrogen-bond acceptors (Lipinski definition) is 4. The van der Waals surface area contributed by atoms with Gasteiger partial charge in [-0.3, -0.25) is 0 Å². The molecule has 0 saturated heterocycles. The largest absolute Gasteiger partial charge is 0.480 e. The molecule has 0 radical (unpaired) electrons. The third kappa shape index (κ3) is 8.55. The highest BCUT2D eigenvalue weighted by atomic mass is 16.5. The smallest absolute Gasteiger partial charge is 0.330 e. The van der Waals surface area contributed by atoms with Gasteiger partial charge in [-0.05, 0) is 6.42 Å². The minimum Gasteiger partial charge on any atom is -0.480 e. The molecular formula is C8H12O5. The minimum absolute atomic E-state index is 0.278. The van der Waals surface area contributed by atoms with Crippen molar-refractivity contribution in [1.29, 1.82) is 0 Å². The number of rotatable bonds is 6. The van der Waals surface area contributed by atoms with E-state index in [9.17, 15) is 9.59 Å². The van der Waals surface area contributed by atoms with Gasteiger partial charge in [0.2, 0.25) is 0 Å². The number of methoxy groups -OCH3 is 1. The van der Waals surface area contributed by atoms with Crippen LogP contribution in [0.15, 0.2) is 12.2 Å². The molecule has 0 aromatic carbocycles. The molecule has 0 fully saturated rings. The molecule has 0 aromatic heterocycles. The second-order valence-electron chi connectivity index (χ2n) is 2.16. The van der Waals surface area contributed by atoms with Crippen LogP contribution in [0.5, 0.6) is 0 Å². The first kappa shape index (κ1) is 11.6. The van der Waals surface area contributed by atoms with Crippen molar-refractivity contribution in [2.45, 2.75) is 6.42 Å². The van der Waals surface area contributed by atoms with Gasteiger partial charge in [-0.15, -0.1) is 0 Å². The third-order valence-electron chi connectivity index (χ3n) is 1.11. The van der Waals surface area contributed by atoms with Crippen LogP contribution in [-0.4, -0.2) is 37.4 Å². The number of carboxylic acids is 1. The molecule has 0 amide bonds. The Kier molecular flexibility index (Phi) is 6.53. The summed E-state index contributed by atoms with van der Waals surface area (Å²) >= 11 is 0. The summed E-state index contributed by atoms with van der Waals surface area (Å²) in [5.74, 6) is -1.44. The molecule has 0 aliphatic heterocycles. The van der Waals surface area contributed by atoms with E-state index in [1.165, 1.54) is 13.2 Å². The van der Waals surface area contributed by atoms with Gasteiger partial charge >= 0.3 is 11.9 Å². The van der Waals surface area contributed by atoms with Crippen LogP contribution < -0.4 is 0 Å². The van der Waals surface area contributed by atoms with Crippen molar-refractivity contribution in [3.8, 4) is 0 Å². The number of esters is 1. The molecule has 0 saturated carbocycles. The zero-order chi connectivity index (χ0) is 10.1. The fraction of sp³-hybridized carbons (Fsp3) is 0.500. The number of ether oxygens (including phenoxy) is 2. The number of carbonyl (C=O) groups is 2. The molecule has 74 valence electrons. The maximum Gasteiger partial charge on any atom is 0.330 e. The van der Waals surface area contributed by atoms with Crippen molar-refractivity contribution in [2.24, 2.45) is 0 Å². The third-order valence-corrected chi connectivity index (χ3v) is 1.11. The zero-order valence-electron chi connectivity index (χ0n) is 7.36. The van der Waals surface area contributed by atoms with E-state index in [1.807, 2.05) is 0 Å². The Bertz CT molecular complexity index is 197. The molecule has 0 spiro atoms. The summed E-state index contributed by atoms with van der Waals surface area (Å²) in [4.78, 5) is 20.5. The van der Waals surface area contributed by atoms with Gasteiger partial charge in [-0.25, -0.2) is 9.59 Å². The monoisotopic (exact) mass is 188 g/mol. The highest BCUT2D eigenvalue weighted by Gasteiger charge is 1.94. The van der Waals surface area contributed by atoms with Gasteiger partial charge in [0.1, 0.15) is 6.61 Å². The lowest BCUT2D eigenvalue weighted by Crippen LogP contribution is -2.07. The van der Waals surface area contributed by atoms with E-state index in [0.717, 1.165) is 0 Å². The summed E-state index contributed by atoms with van der Waals surface area (Å²) in [5, 5.41) is 8.18. The van der Waals surface area contributed by atoms with Gasteiger partial charge in [0.25, 0.3) is 0 Å². The summed E-state index contributed by atoms with van der Waals surface area (Å²) in [6.07, 6.45) is 3.32. The predicted octanol–water partition coefficient (Wildman–Crippen LogP) is 0.207. The summed E-state index contributed by atoms with van der Waals surface area (Å²) in [5.41, 5.74) is 0. The van der Waals surface area contributed by atoms with Crippen molar-refractivity contribution >= 4 is 11.9 Å². The molecule has 13 heavy (non-hydrogen) atoms. The Morgan fingerprint density at radius 2 is 2.15 bits per heavy atom. The lowest BCUT2D eigenvalue weighted by Gasteiger charge is -1.96. The van der Waals surface area contributed by atoms with Gasteiger partial charge in [0, 0.05) is 6.08 Å². The van der Waals surface area contributed by atoms with Gasteiger partial charge in [0.15, 0.2) is 0 Å². The molecule has 5 nitrogen and oxygen atoms in total. The van der Waals surface area contributed by atoms with E-state index in [1.54, 1.807) is 6.08 Å². The molecule has 0 bridgehead atoms. The molecule has 0 atom stereocenters. The number of carboxylic acid groups (broad SMARTS) is 1. The molecule has 0 heterocycles. The Morgan fingerprint density at radius 3 is 2.69 bits per heavy atom. The molecule has 0 aliphatic rings. The van der Waals surface area contributed by atoms with Crippen molar-refractivity contribution < 1.29 is 24.2 Å². The highest BCUT2D eigenvalue weighted by Crippen LogP contribution is 1.86. The molecule has 5 heteroatoms. The summed E-state index contributed by atoms with van der Waals surface area (Å²) in [6.45, 7) is -0.0359. The quantitative estimate of drug-likeness (QED) is 0.366. The Balaban J connectivity index is 3.30. The van der Waals surface area contributed by atoms with Crippen LogP contribution in [0.25, 0.3) is 0 Å². The minimum atomic E-state index is -1.00. The predicted molar refractivity (Wildman–Crippen MR) is 44.2 cm³/mol. The van der Waals surface area contributed by atoms with Gasteiger partial charge in [-0.2, -0.15) is 0 Å². The van der Waals surface area contributed by atoms with Crippen LogP contribution in [0.3, 0.4) is 0 Å². The fourth-order valence-corrected chi connectivity index (χ4v) is 0.558. The summed E-state index contributed by atoms with van der Waals surface area (Å²) < 4.78 is 9.04. The maximum atomic E-state index is 10.5. The van der Waals surface area contributed by atoms with Gasteiger partial charge in [-0.1, -0.05) is 6.08 Å². The second-order valence-corrected chi connectivity index (χ2v) is 2.16. The summed E-state index contributed by atoms with van der Waals surface area (Å²) in [6, 6.07) is 0. The number of aliphatic carboxylic acids is 1. The molecule has 0 unspecified atom stereocenters. The van der Waals surface area contributed by atoms with Crippen molar-refractivity contribution in [1.82, 2.24) is 0 Å². The average molecular weight is 188 g/mol. The summed E-state index contributed by atoms with van der Waals surface area (Å²) in [7, 11) is 1.29. The van der Waals surface area contributed by atoms with Crippen LogP contribution in [-0.2, 0) is 19.1 Å². The first-order valence-electron chi connectivity index (χ1n) is 3.71. The topological polar surface area (TPSA) is 72.8 Å². The number of hydrogen-bond donors (Lipinski definition) is 1. The second kappa shape index (κ2) is 7.30.